The highest BCUT2D eigenvalue weighted by Gasteiger charge is 2.28. The fraction of sp³-hybridized carbons (Fsp3) is 0.500. The van der Waals surface area contributed by atoms with Gasteiger partial charge in [0.05, 0.1) is 23.2 Å². The van der Waals surface area contributed by atoms with Crippen LogP contribution in [0.1, 0.15) is 47.1 Å². The minimum atomic E-state index is 0.201. The number of amides is 1. The highest BCUT2D eigenvalue weighted by molar-refractivity contribution is 7.09. The summed E-state index contributed by atoms with van der Waals surface area (Å²) in [6, 6.07) is 8.98. The molecule has 0 bridgehead atoms. The average Bonchev–Trinajstić information content (AvgIpc) is 3.00. The molecule has 0 unspecified atom stereocenters. The lowest BCUT2D eigenvalue weighted by Crippen LogP contribution is -2.39. The van der Waals surface area contributed by atoms with Crippen LogP contribution >= 0.6 is 11.3 Å². The Kier molecular flexibility index (Phi) is 5.86. The van der Waals surface area contributed by atoms with Gasteiger partial charge in [0.2, 0.25) is 5.91 Å². The summed E-state index contributed by atoms with van der Waals surface area (Å²) in [6.07, 6.45) is 3.75. The van der Waals surface area contributed by atoms with E-state index in [4.69, 9.17) is 0 Å². The summed E-state index contributed by atoms with van der Waals surface area (Å²) in [5.41, 5.74) is 3.46. The van der Waals surface area contributed by atoms with Crippen molar-refractivity contribution in [3.63, 3.8) is 0 Å². The predicted molar refractivity (Wildman–Crippen MR) is 103 cm³/mol. The number of benzene rings is 1. The molecule has 1 aliphatic heterocycles. The van der Waals surface area contributed by atoms with Crippen molar-refractivity contribution in [3.8, 4) is 0 Å². The molecule has 1 aromatic carbocycles. The van der Waals surface area contributed by atoms with E-state index in [1.807, 2.05) is 12.3 Å². The number of thiazole rings is 1. The summed E-state index contributed by atoms with van der Waals surface area (Å²) < 4.78 is 0. The Morgan fingerprint density at radius 1 is 1.28 bits per heavy atom. The Hall–Kier alpha value is -1.72. The second-order valence-electron chi connectivity index (χ2n) is 7.11. The van der Waals surface area contributed by atoms with Gasteiger partial charge in [-0.2, -0.15) is 0 Å². The Balaban J connectivity index is 1.72. The smallest absolute Gasteiger partial charge is 0.229 e. The maximum absolute atomic E-state index is 12.9. The lowest BCUT2D eigenvalue weighted by atomic mass is 9.94. The molecule has 4 nitrogen and oxygen atoms in total. The SMILES string of the molecule is Cc1nc(CC(=O)N2CCCC[C@@H]2c2ccc(CN(C)C)cc2)cs1. The molecule has 1 aliphatic rings. The van der Waals surface area contributed by atoms with Gasteiger partial charge >= 0.3 is 0 Å². The molecule has 1 aromatic heterocycles. The van der Waals surface area contributed by atoms with Gasteiger partial charge in [-0.15, -0.1) is 11.3 Å². The fourth-order valence-electron chi connectivity index (χ4n) is 3.53. The Morgan fingerprint density at radius 2 is 2.04 bits per heavy atom. The molecule has 1 amide bonds. The van der Waals surface area contributed by atoms with Gasteiger partial charge in [-0.3, -0.25) is 4.79 Å². The van der Waals surface area contributed by atoms with Crippen molar-refractivity contribution < 1.29 is 4.79 Å². The molecule has 2 heterocycles. The van der Waals surface area contributed by atoms with Crippen LogP contribution in [0.4, 0.5) is 0 Å². The van der Waals surface area contributed by atoms with Crippen LogP contribution < -0.4 is 0 Å². The van der Waals surface area contributed by atoms with E-state index < -0.39 is 0 Å². The highest BCUT2D eigenvalue weighted by atomic mass is 32.1. The van der Waals surface area contributed by atoms with Crippen molar-refractivity contribution in [2.24, 2.45) is 0 Å². The molecule has 1 atom stereocenters. The zero-order valence-corrected chi connectivity index (χ0v) is 16.2. The van der Waals surface area contributed by atoms with E-state index in [2.05, 4.69) is 53.1 Å². The van der Waals surface area contributed by atoms with Crippen LogP contribution in [0.2, 0.25) is 0 Å². The van der Waals surface area contributed by atoms with E-state index in [1.165, 1.54) is 17.5 Å². The molecule has 3 rings (SSSR count). The van der Waals surface area contributed by atoms with Crippen LogP contribution in [0.5, 0.6) is 0 Å². The summed E-state index contributed by atoms with van der Waals surface area (Å²) in [6.45, 7) is 3.78. The number of piperidine rings is 1. The molecule has 0 aliphatic carbocycles. The zero-order chi connectivity index (χ0) is 17.8. The third kappa shape index (κ3) is 4.67. The number of nitrogens with zero attached hydrogens (tertiary/aromatic N) is 3. The highest BCUT2D eigenvalue weighted by Crippen LogP contribution is 2.31. The number of carbonyl (C=O) groups excluding carboxylic acids is 1. The standard InChI is InChI=1S/C20H27N3OS/c1-15-21-18(14-25-15)12-20(24)23-11-5-4-6-19(23)17-9-7-16(8-10-17)13-22(2)3/h7-10,14,19H,4-6,11-13H2,1-3H3/t19-/m1/s1. The predicted octanol–water partition coefficient (Wildman–Crippen LogP) is 3.81. The maximum Gasteiger partial charge on any atom is 0.229 e. The number of rotatable bonds is 5. The Bertz CT molecular complexity index is 708. The third-order valence-electron chi connectivity index (χ3n) is 4.69. The van der Waals surface area contributed by atoms with E-state index in [0.29, 0.717) is 6.42 Å². The number of carbonyl (C=O) groups is 1. The first-order valence-corrected chi connectivity index (χ1v) is 9.85. The van der Waals surface area contributed by atoms with Crippen LogP contribution in [-0.2, 0) is 17.8 Å². The van der Waals surface area contributed by atoms with E-state index in [9.17, 15) is 4.79 Å². The molecule has 2 aromatic rings. The average molecular weight is 358 g/mol. The van der Waals surface area contributed by atoms with E-state index in [0.717, 1.165) is 36.6 Å². The zero-order valence-electron chi connectivity index (χ0n) is 15.4. The molecule has 134 valence electrons. The minimum Gasteiger partial charge on any atom is -0.335 e. The largest absolute Gasteiger partial charge is 0.335 e. The summed E-state index contributed by atoms with van der Waals surface area (Å²) in [5, 5.41) is 3.02. The topological polar surface area (TPSA) is 36.4 Å². The Labute approximate surface area is 154 Å². The lowest BCUT2D eigenvalue weighted by molar-refractivity contribution is -0.134. The van der Waals surface area contributed by atoms with Crippen molar-refractivity contribution in [2.75, 3.05) is 20.6 Å². The van der Waals surface area contributed by atoms with E-state index >= 15 is 0 Å². The number of hydrogen-bond acceptors (Lipinski definition) is 4. The molecule has 1 saturated heterocycles. The van der Waals surface area contributed by atoms with Gasteiger partial charge in [0.25, 0.3) is 0 Å². The van der Waals surface area contributed by atoms with Crippen LogP contribution in [0.15, 0.2) is 29.6 Å². The van der Waals surface area contributed by atoms with Crippen molar-refractivity contribution in [3.05, 3.63) is 51.5 Å². The second kappa shape index (κ2) is 8.11. The molecule has 0 spiro atoms. The second-order valence-corrected chi connectivity index (χ2v) is 8.17. The number of hydrogen-bond donors (Lipinski definition) is 0. The molecule has 0 radical (unpaired) electrons. The Morgan fingerprint density at radius 3 is 2.68 bits per heavy atom. The number of aromatic nitrogens is 1. The quantitative estimate of drug-likeness (QED) is 0.816. The molecular formula is C20H27N3OS. The molecule has 1 fully saturated rings. The first kappa shape index (κ1) is 18.1. The number of aryl methyl sites for hydroxylation is 1. The summed E-state index contributed by atoms with van der Waals surface area (Å²) in [5.74, 6) is 0.201. The van der Waals surface area contributed by atoms with Gasteiger partial charge in [-0.05, 0) is 51.4 Å². The first-order valence-electron chi connectivity index (χ1n) is 8.97. The van der Waals surface area contributed by atoms with Crippen LogP contribution in [-0.4, -0.2) is 41.3 Å². The van der Waals surface area contributed by atoms with Gasteiger partial charge in [0.15, 0.2) is 0 Å². The molecule has 5 heteroatoms. The lowest BCUT2D eigenvalue weighted by Gasteiger charge is -2.36. The van der Waals surface area contributed by atoms with Gasteiger partial charge < -0.3 is 9.80 Å². The normalized spacial score (nSPS) is 17.9. The van der Waals surface area contributed by atoms with Crippen molar-refractivity contribution in [2.45, 2.75) is 45.2 Å². The fourth-order valence-corrected chi connectivity index (χ4v) is 4.15. The van der Waals surface area contributed by atoms with Gasteiger partial charge in [-0.1, -0.05) is 24.3 Å². The minimum absolute atomic E-state index is 0.201. The molecule has 0 N–H and O–H groups in total. The summed E-state index contributed by atoms with van der Waals surface area (Å²) in [4.78, 5) is 21.5. The van der Waals surface area contributed by atoms with Crippen LogP contribution in [0, 0.1) is 6.92 Å². The van der Waals surface area contributed by atoms with Crippen LogP contribution in [0.3, 0.4) is 0 Å². The van der Waals surface area contributed by atoms with E-state index in [-0.39, 0.29) is 11.9 Å². The summed E-state index contributed by atoms with van der Waals surface area (Å²) >= 11 is 1.61. The van der Waals surface area contributed by atoms with Crippen molar-refractivity contribution in [1.82, 2.24) is 14.8 Å². The molecule has 0 saturated carbocycles. The third-order valence-corrected chi connectivity index (χ3v) is 5.51. The molecule has 25 heavy (non-hydrogen) atoms. The van der Waals surface area contributed by atoms with E-state index in [1.54, 1.807) is 11.3 Å². The first-order chi connectivity index (χ1) is 12.0. The van der Waals surface area contributed by atoms with Crippen LogP contribution in [0.25, 0.3) is 0 Å². The van der Waals surface area contributed by atoms with Crippen molar-refractivity contribution >= 4 is 17.2 Å². The van der Waals surface area contributed by atoms with Gasteiger partial charge in [0, 0.05) is 18.5 Å². The molecular weight excluding hydrogens is 330 g/mol. The monoisotopic (exact) mass is 357 g/mol. The van der Waals surface area contributed by atoms with Crippen molar-refractivity contribution in [1.29, 1.82) is 0 Å². The summed E-state index contributed by atoms with van der Waals surface area (Å²) in [7, 11) is 4.16. The number of likely N-dealkylation sites (tertiary alicyclic amines) is 1. The van der Waals surface area contributed by atoms with Gasteiger partial charge in [0.1, 0.15) is 0 Å². The maximum atomic E-state index is 12.9. The van der Waals surface area contributed by atoms with Gasteiger partial charge in [-0.25, -0.2) is 4.98 Å².